The van der Waals surface area contributed by atoms with Crippen LogP contribution in [0, 0.1) is 13.8 Å². The van der Waals surface area contributed by atoms with Gasteiger partial charge in [-0.25, -0.2) is 4.98 Å². The zero-order valence-electron chi connectivity index (χ0n) is 11.9. The Hall–Kier alpha value is -1.57. The summed E-state index contributed by atoms with van der Waals surface area (Å²) < 4.78 is 0. The van der Waals surface area contributed by atoms with E-state index in [0.29, 0.717) is 6.04 Å². The molecule has 1 aromatic carbocycles. The van der Waals surface area contributed by atoms with Crippen LogP contribution >= 0.6 is 0 Å². The second-order valence-electron chi connectivity index (χ2n) is 5.83. The Labute approximate surface area is 115 Å². The molecule has 2 nitrogen and oxygen atoms in total. The number of aryl methyl sites for hydroxylation is 2. The number of hydrogen-bond acceptors (Lipinski definition) is 2. The molecule has 19 heavy (non-hydrogen) atoms. The van der Waals surface area contributed by atoms with E-state index in [1.54, 1.807) is 0 Å². The number of benzene rings is 1. The van der Waals surface area contributed by atoms with Gasteiger partial charge in [0.05, 0.1) is 5.52 Å². The highest BCUT2D eigenvalue weighted by atomic mass is 15.0. The summed E-state index contributed by atoms with van der Waals surface area (Å²) in [6.07, 6.45) is 6.66. The van der Waals surface area contributed by atoms with Crippen molar-refractivity contribution in [3.8, 4) is 0 Å². The number of anilines is 1. The molecule has 0 spiro atoms. The SMILES string of the molecule is Cc1ccc2cc(C)c(NC3CCCCC3)nc2c1. The average molecular weight is 254 g/mol. The minimum atomic E-state index is 0.613. The molecule has 0 aliphatic heterocycles. The molecule has 1 aliphatic rings. The van der Waals surface area contributed by atoms with Crippen molar-refractivity contribution in [3.63, 3.8) is 0 Å². The van der Waals surface area contributed by atoms with Crippen molar-refractivity contribution in [1.29, 1.82) is 0 Å². The van der Waals surface area contributed by atoms with Gasteiger partial charge in [-0.15, -0.1) is 0 Å². The van der Waals surface area contributed by atoms with Crippen molar-refractivity contribution in [1.82, 2.24) is 4.98 Å². The smallest absolute Gasteiger partial charge is 0.129 e. The lowest BCUT2D eigenvalue weighted by molar-refractivity contribution is 0.462. The minimum Gasteiger partial charge on any atom is -0.367 e. The summed E-state index contributed by atoms with van der Waals surface area (Å²) in [6.45, 7) is 4.27. The third-order valence-electron chi connectivity index (χ3n) is 4.11. The van der Waals surface area contributed by atoms with E-state index in [1.807, 2.05) is 0 Å². The lowest BCUT2D eigenvalue weighted by Gasteiger charge is -2.24. The number of pyridine rings is 1. The molecule has 2 heteroatoms. The van der Waals surface area contributed by atoms with E-state index < -0.39 is 0 Å². The van der Waals surface area contributed by atoms with E-state index in [4.69, 9.17) is 4.98 Å². The summed E-state index contributed by atoms with van der Waals surface area (Å²) in [5.74, 6) is 1.07. The van der Waals surface area contributed by atoms with E-state index in [1.165, 1.54) is 48.6 Å². The highest BCUT2D eigenvalue weighted by molar-refractivity contribution is 5.82. The molecule has 0 atom stereocenters. The molecule has 1 aromatic heterocycles. The Morgan fingerprint density at radius 2 is 1.84 bits per heavy atom. The molecule has 1 N–H and O–H groups in total. The summed E-state index contributed by atoms with van der Waals surface area (Å²) in [4.78, 5) is 4.82. The van der Waals surface area contributed by atoms with E-state index >= 15 is 0 Å². The van der Waals surface area contributed by atoms with Gasteiger partial charge in [-0.2, -0.15) is 0 Å². The van der Waals surface area contributed by atoms with Crippen LogP contribution in [0.2, 0.25) is 0 Å². The van der Waals surface area contributed by atoms with Crippen molar-refractivity contribution in [2.75, 3.05) is 5.32 Å². The third-order valence-corrected chi connectivity index (χ3v) is 4.11. The number of nitrogens with zero attached hydrogens (tertiary/aromatic N) is 1. The maximum atomic E-state index is 4.82. The first-order valence-electron chi connectivity index (χ1n) is 7.37. The number of fused-ring (bicyclic) bond motifs is 1. The summed E-state index contributed by atoms with van der Waals surface area (Å²) in [6, 6.07) is 9.34. The molecular weight excluding hydrogens is 232 g/mol. The van der Waals surface area contributed by atoms with Gasteiger partial charge in [0, 0.05) is 11.4 Å². The van der Waals surface area contributed by atoms with Crippen LogP contribution in [0.1, 0.15) is 43.2 Å². The normalized spacial score (nSPS) is 16.7. The molecule has 0 bridgehead atoms. The van der Waals surface area contributed by atoms with Gasteiger partial charge in [0.25, 0.3) is 0 Å². The number of rotatable bonds is 2. The van der Waals surface area contributed by atoms with Gasteiger partial charge in [0.15, 0.2) is 0 Å². The fourth-order valence-corrected chi connectivity index (χ4v) is 2.97. The topological polar surface area (TPSA) is 24.9 Å². The van der Waals surface area contributed by atoms with E-state index in [0.717, 1.165) is 11.3 Å². The van der Waals surface area contributed by atoms with Crippen LogP contribution in [0.25, 0.3) is 10.9 Å². The lowest BCUT2D eigenvalue weighted by Crippen LogP contribution is -2.23. The molecule has 0 saturated heterocycles. The van der Waals surface area contributed by atoms with E-state index in [9.17, 15) is 0 Å². The Morgan fingerprint density at radius 3 is 2.63 bits per heavy atom. The van der Waals surface area contributed by atoms with Gasteiger partial charge in [0.1, 0.15) is 5.82 Å². The molecule has 0 unspecified atom stereocenters. The van der Waals surface area contributed by atoms with Crippen molar-refractivity contribution in [2.45, 2.75) is 52.0 Å². The molecular formula is C17H22N2. The van der Waals surface area contributed by atoms with Crippen LogP contribution < -0.4 is 5.32 Å². The molecule has 1 saturated carbocycles. The van der Waals surface area contributed by atoms with Crippen molar-refractivity contribution in [3.05, 3.63) is 35.4 Å². The monoisotopic (exact) mass is 254 g/mol. The van der Waals surface area contributed by atoms with E-state index in [-0.39, 0.29) is 0 Å². The second kappa shape index (κ2) is 5.20. The second-order valence-corrected chi connectivity index (χ2v) is 5.83. The Balaban J connectivity index is 1.91. The van der Waals surface area contributed by atoms with Gasteiger partial charge in [-0.3, -0.25) is 0 Å². The van der Waals surface area contributed by atoms with Crippen molar-refractivity contribution < 1.29 is 0 Å². The first kappa shape index (κ1) is 12.5. The van der Waals surface area contributed by atoms with Gasteiger partial charge < -0.3 is 5.32 Å². The molecule has 1 fully saturated rings. The zero-order valence-corrected chi connectivity index (χ0v) is 11.9. The fourth-order valence-electron chi connectivity index (χ4n) is 2.97. The van der Waals surface area contributed by atoms with Crippen LogP contribution in [-0.4, -0.2) is 11.0 Å². The number of hydrogen-bond donors (Lipinski definition) is 1. The highest BCUT2D eigenvalue weighted by Crippen LogP contribution is 2.25. The van der Waals surface area contributed by atoms with Crippen LogP contribution in [-0.2, 0) is 0 Å². The molecule has 1 heterocycles. The Kier molecular flexibility index (Phi) is 3.41. The van der Waals surface area contributed by atoms with Crippen LogP contribution in [0.4, 0.5) is 5.82 Å². The van der Waals surface area contributed by atoms with Gasteiger partial charge in [-0.1, -0.05) is 31.4 Å². The molecule has 1 aliphatic carbocycles. The lowest BCUT2D eigenvalue weighted by atomic mass is 9.95. The predicted molar refractivity (Wildman–Crippen MR) is 81.7 cm³/mol. The molecule has 0 amide bonds. The minimum absolute atomic E-state index is 0.613. The first-order chi connectivity index (χ1) is 9.22. The van der Waals surface area contributed by atoms with Gasteiger partial charge in [-0.05, 0) is 49.9 Å². The summed E-state index contributed by atoms with van der Waals surface area (Å²) >= 11 is 0. The molecule has 2 aromatic rings. The number of nitrogens with one attached hydrogen (secondary N) is 1. The fraction of sp³-hybridized carbons (Fsp3) is 0.471. The van der Waals surface area contributed by atoms with Crippen LogP contribution in [0.15, 0.2) is 24.3 Å². The van der Waals surface area contributed by atoms with Crippen molar-refractivity contribution >= 4 is 16.7 Å². The van der Waals surface area contributed by atoms with Gasteiger partial charge in [0.2, 0.25) is 0 Å². The maximum absolute atomic E-state index is 4.82. The van der Waals surface area contributed by atoms with Crippen LogP contribution in [0.5, 0.6) is 0 Å². The quantitative estimate of drug-likeness (QED) is 0.847. The van der Waals surface area contributed by atoms with Crippen molar-refractivity contribution in [2.24, 2.45) is 0 Å². The maximum Gasteiger partial charge on any atom is 0.129 e. The number of aromatic nitrogens is 1. The van der Waals surface area contributed by atoms with Gasteiger partial charge >= 0.3 is 0 Å². The largest absolute Gasteiger partial charge is 0.367 e. The average Bonchev–Trinajstić information content (AvgIpc) is 2.41. The Bertz CT molecular complexity index is 583. The van der Waals surface area contributed by atoms with E-state index in [2.05, 4.69) is 43.4 Å². The predicted octanol–water partition coefficient (Wildman–Crippen LogP) is 4.60. The first-order valence-corrected chi connectivity index (χ1v) is 7.37. The highest BCUT2D eigenvalue weighted by Gasteiger charge is 2.14. The summed E-state index contributed by atoms with van der Waals surface area (Å²) in [7, 11) is 0. The summed E-state index contributed by atoms with van der Waals surface area (Å²) in [5.41, 5.74) is 3.62. The van der Waals surface area contributed by atoms with Crippen LogP contribution in [0.3, 0.4) is 0 Å². The molecule has 3 rings (SSSR count). The molecule has 0 radical (unpaired) electrons. The zero-order chi connectivity index (χ0) is 13.2. The Morgan fingerprint density at radius 1 is 1.05 bits per heavy atom. The standard InChI is InChI=1S/C17H22N2/c1-12-8-9-14-11-13(2)17(19-16(14)10-12)18-15-6-4-3-5-7-15/h8-11,15H,3-7H2,1-2H3,(H,18,19). The third kappa shape index (κ3) is 2.73. The summed E-state index contributed by atoms with van der Waals surface area (Å²) in [5, 5.41) is 4.88. The molecule has 100 valence electrons.